The molecule has 0 bridgehead atoms. The van der Waals surface area contributed by atoms with E-state index >= 15 is 0 Å². The molecule has 0 saturated carbocycles. The van der Waals surface area contributed by atoms with Crippen LogP contribution in [0.3, 0.4) is 0 Å². The van der Waals surface area contributed by atoms with Crippen molar-refractivity contribution in [3.8, 4) is 11.4 Å². The lowest BCUT2D eigenvalue weighted by Gasteiger charge is -2.18. The van der Waals surface area contributed by atoms with E-state index in [4.69, 9.17) is 0 Å². The van der Waals surface area contributed by atoms with E-state index in [1.54, 1.807) is 0 Å². The van der Waals surface area contributed by atoms with E-state index in [2.05, 4.69) is 61.2 Å². The minimum absolute atomic E-state index is 0.0923. The quantitative estimate of drug-likeness (QED) is 0.419. The fourth-order valence-electron chi connectivity index (χ4n) is 3.59. The average molecular weight is 412 g/mol. The van der Waals surface area contributed by atoms with Gasteiger partial charge < -0.3 is 0 Å². The number of aromatic nitrogens is 3. The topological polar surface area (TPSA) is 47.3 Å². The summed E-state index contributed by atoms with van der Waals surface area (Å²) in [6.45, 7) is 6.56. The van der Waals surface area contributed by atoms with Gasteiger partial charge in [0.15, 0.2) is 5.82 Å². The van der Waals surface area contributed by atoms with E-state index in [0.29, 0.717) is 15.3 Å². The molecule has 0 saturated heterocycles. The summed E-state index contributed by atoms with van der Waals surface area (Å²) in [4.78, 5) is 18.2. The van der Waals surface area contributed by atoms with Crippen LogP contribution in [0.1, 0.15) is 31.9 Å². The van der Waals surface area contributed by atoms with E-state index in [9.17, 15) is 4.79 Å². The first kappa shape index (κ1) is 18.7. The molecule has 0 aliphatic heterocycles. The van der Waals surface area contributed by atoms with Gasteiger partial charge in [-0.1, -0.05) is 98.8 Å². The lowest BCUT2D eigenvalue weighted by atomic mass is 9.87. The Hall–Kier alpha value is -3.31. The molecule has 0 amide bonds. The molecule has 5 aromatic rings. The highest BCUT2D eigenvalue weighted by Crippen LogP contribution is 2.25. The van der Waals surface area contributed by atoms with Crippen LogP contribution in [0.15, 0.2) is 71.5 Å². The number of benzene rings is 3. The summed E-state index contributed by atoms with van der Waals surface area (Å²) in [5.41, 5.74) is 3.15. The van der Waals surface area contributed by atoms with E-state index < -0.39 is 0 Å². The maximum Gasteiger partial charge on any atom is 0.291 e. The molecular formula is C25H21N3OS. The molecule has 148 valence electrons. The summed E-state index contributed by atoms with van der Waals surface area (Å²) in [5, 5.41) is 6.76. The monoisotopic (exact) mass is 411 g/mol. The van der Waals surface area contributed by atoms with Crippen LogP contribution in [-0.2, 0) is 5.41 Å². The van der Waals surface area contributed by atoms with Gasteiger partial charge in [-0.25, -0.2) is 0 Å². The Morgan fingerprint density at radius 3 is 2.40 bits per heavy atom. The van der Waals surface area contributed by atoms with Crippen LogP contribution >= 0.6 is 11.3 Å². The molecule has 0 spiro atoms. The minimum Gasteiger partial charge on any atom is -0.266 e. The van der Waals surface area contributed by atoms with E-state index in [-0.39, 0.29) is 11.0 Å². The van der Waals surface area contributed by atoms with Crippen LogP contribution in [0.4, 0.5) is 0 Å². The van der Waals surface area contributed by atoms with Crippen molar-refractivity contribution < 1.29 is 0 Å². The van der Waals surface area contributed by atoms with E-state index in [0.717, 1.165) is 21.9 Å². The van der Waals surface area contributed by atoms with Gasteiger partial charge in [0.1, 0.15) is 0 Å². The SMILES string of the molecule is CC(C)(C)c1ccc(-c2nc3sc(=Cc4cccc5ccccc45)c(=O)n3n2)cc1. The zero-order chi connectivity index (χ0) is 20.9. The summed E-state index contributed by atoms with van der Waals surface area (Å²) < 4.78 is 2.05. The van der Waals surface area contributed by atoms with Crippen molar-refractivity contribution in [1.82, 2.24) is 14.6 Å². The van der Waals surface area contributed by atoms with Crippen molar-refractivity contribution in [2.45, 2.75) is 26.2 Å². The fraction of sp³-hybridized carbons (Fsp3) is 0.160. The first-order valence-electron chi connectivity index (χ1n) is 9.90. The largest absolute Gasteiger partial charge is 0.291 e. The van der Waals surface area contributed by atoms with Crippen LogP contribution in [0.25, 0.3) is 33.2 Å². The van der Waals surface area contributed by atoms with Crippen LogP contribution in [-0.4, -0.2) is 14.6 Å². The zero-order valence-electron chi connectivity index (χ0n) is 17.1. The Bertz CT molecular complexity index is 1480. The van der Waals surface area contributed by atoms with Crippen molar-refractivity contribution in [3.63, 3.8) is 0 Å². The number of fused-ring (bicyclic) bond motifs is 2. The van der Waals surface area contributed by atoms with Gasteiger partial charge in [0.05, 0.1) is 4.53 Å². The first-order chi connectivity index (χ1) is 14.4. The Morgan fingerprint density at radius 1 is 0.933 bits per heavy atom. The molecule has 30 heavy (non-hydrogen) atoms. The maximum absolute atomic E-state index is 12.9. The summed E-state index contributed by atoms with van der Waals surface area (Å²) in [7, 11) is 0. The van der Waals surface area contributed by atoms with Crippen molar-refractivity contribution in [2.24, 2.45) is 0 Å². The standard InChI is InChI=1S/C25H21N3OS/c1-25(2,3)19-13-11-17(12-14-19)22-26-24-28(27-22)23(29)21(30-24)15-18-9-6-8-16-7-4-5-10-20(16)18/h4-15H,1-3H3. The van der Waals surface area contributed by atoms with Gasteiger partial charge in [-0.2, -0.15) is 9.50 Å². The van der Waals surface area contributed by atoms with Crippen molar-refractivity contribution in [1.29, 1.82) is 0 Å². The molecule has 0 radical (unpaired) electrons. The molecule has 4 nitrogen and oxygen atoms in total. The number of thiazole rings is 1. The lowest BCUT2D eigenvalue weighted by Crippen LogP contribution is -2.23. The smallest absolute Gasteiger partial charge is 0.266 e. The molecule has 2 heterocycles. The van der Waals surface area contributed by atoms with Crippen LogP contribution in [0, 0.1) is 0 Å². The number of rotatable bonds is 2. The Labute approximate surface area is 178 Å². The molecular weight excluding hydrogens is 390 g/mol. The number of hydrogen-bond acceptors (Lipinski definition) is 4. The van der Waals surface area contributed by atoms with Crippen LogP contribution in [0.2, 0.25) is 0 Å². The van der Waals surface area contributed by atoms with Crippen molar-refractivity contribution >= 4 is 33.1 Å². The number of hydrogen-bond donors (Lipinski definition) is 0. The molecule has 0 aliphatic rings. The van der Waals surface area contributed by atoms with Gasteiger partial charge >= 0.3 is 0 Å². The molecule has 5 heteroatoms. The fourth-order valence-corrected chi connectivity index (χ4v) is 4.49. The third kappa shape index (κ3) is 3.21. The first-order valence-corrected chi connectivity index (χ1v) is 10.7. The predicted octanol–water partition coefficient (Wildman–Crippen LogP) is 4.82. The second-order valence-corrected chi connectivity index (χ2v) is 9.45. The van der Waals surface area contributed by atoms with Gasteiger partial charge in [-0.15, -0.1) is 5.10 Å². The highest BCUT2D eigenvalue weighted by molar-refractivity contribution is 7.15. The molecule has 0 unspecified atom stereocenters. The summed E-state index contributed by atoms with van der Waals surface area (Å²) in [6, 6.07) is 22.5. The van der Waals surface area contributed by atoms with Crippen molar-refractivity contribution in [3.05, 3.63) is 92.7 Å². The van der Waals surface area contributed by atoms with E-state index in [1.807, 2.05) is 42.5 Å². The molecule has 5 rings (SSSR count). The minimum atomic E-state index is -0.131. The summed E-state index contributed by atoms with van der Waals surface area (Å²) in [5.74, 6) is 0.579. The van der Waals surface area contributed by atoms with Crippen molar-refractivity contribution in [2.75, 3.05) is 0 Å². The molecule has 3 aromatic carbocycles. The normalized spacial score (nSPS) is 12.8. The third-order valence-electron chi connectivity index (χ3n) is 5.30. The molecule has 0 atom stereocenters. The molecule has 0 fully saturated rings. The van der Waals surface area contributed by atoms with Gasteiger partial charge in [-0.05, 0) is 33.4 Å². The second-order valence-electron chi connectivity index (χ2n) is 8.44. The second kappa shape index (κ2) is 6.89. The molecule has 0 N–H and O–H groups in total. The van der Waals surface area contributed by atoms with Gasteiger partial charge in [0, 0.05) is 5.56 Å². The summed E-state index contributed by atoms with van der Waals surface area (Å²) in [6.07, 6.45) is 1.93. The molecule has 0 aliphatic carbocycles. The Morgan fingerprint density at radius 2 is 1.67 bits per heavy atom. The van der Waals surface area contributed by atoms with Gasteiger partial charge in [0.2, 0.25) is 4.96 Å². The Balaban J connectivity index is 1.57. The van der Waals surface area contributed by atoms with Crippen LogP contribution < -0.4 is 10.1 Å². The van der Waals surface area contributed by atoms with Gasteiger partial charge in [-0.3, -0.25) is 4.79 Å². The van der Waals surface area contributed by atoms with E-state index in [1.165, 1.54) is 21.4 Å². The lowest BCUT2D eigenvalue weighted by molar-refractivity contribution is 0.590. The average Bonchev–Trinajstić information content (AvgIpc) is 3.27. The predicted molar refractivity (Wildman–Crippen MR) is 124 cm³/mol. The molecule has 2 aromatic heterocycles. The highest BCUT2D eigenvalue weighted by atomic mass is 32.1. The van der Waals surface area contributed by atoms with Gasteiger partial charge in [0.25, 0.3) is 5.56 Å². The number of nitrogens with zero attached hydrogens (tertiary/aromatic N) is 3. The summed E-state index contributed by atoms with van der Waals surface area (Å²) >= 11 is 1.37. The Kier molecular flexibility index (Phi) is 4.29. The third-order valence-corrected chi connectivity index (χ3v) is 6.26. The maximum atomic E-state index is 12.9. The zero-order valence-corrected chi connectivity index (χ0v) is 17.9. The van der Waals surface area contributed by atoms with Crippen LogP contribution in [0.5, 0.6) is 0 Å². The highest BCUT2D eigenvalue weighted by Gasteiger charge is 2.15.